The van der Waals surface area contributed by atoms with E-state index in [9.17, 15) is 22.1 Å². The molecule has 0 radical (unpaired) electrons. The lowest BCUT2D eigenvalue weighted by molar-refractivity contribution is 0.0519. The molecule has 2 aromatic carbocycles. The van der Waals surface area contributed by atoms with Crippen molar-refractivity contribution in [3.63, 3.8) is 0 Å². The van der Waals surface area contributed by atoms with Gasteiger partial charge in [-0.15, -0.1) is 0 Å². The minimum atomic E-state index is -2.70. The van der Waals surface area contributed by atoms with E-state index in [2.05, 4.69) is 20.6 Å². The van der Waals surface area contributed by atoms with Gasteiger partial charge in [-0.25, -0.2) is 22.5 Å². The maximum absolute atomic E-state index is 14.6. The van der Waals surface area contributed by atoms with Gasteiger partial charge in [0.05, 0.1) is 35.8 Å². The summed E-state index contributed by atoms with van der Waals surface area (Å²) < 4.78 is 74.5. The Morgan fingerprint density at radius 3 is 2.42 bits per heavy atom. The Morgan fingerprint density at radius 1 is 1.08 bits per heavy atom. The summed E-state index contributed by atoms with van der Waals surface area (Å²) in [4.78, 5) is 9.73. The molecule has 2 aliphatic rings. The Kier molecular flexibility index (Phi) is 5.66. The summed E-state index contributed by atoms with van der Waals surface area (Å²) in [5, 5.41) is 6.23. The van der Waals surface area contributed by atoms with Crippen molar-refractivity contribution in [3.8, 4) is 5.75 Å². The van der Waals surface area contributed by atoms with Crippen LogP contribution in [0.3, 0.4) is 0 Å². The van der Waals surface area contributed by atoms with Crippen molar-refractivity contribution in [1.82, 2.24) is 9.97 Å². The Hall–Kier alpha value is -3.33. The molecule has 2 heterocycles. The van der Waals surface area contributed by atoms with Crippen LogP contribution in [0.1, 0.15) is 6.42 Å². The van der Waals surface area contributed by atoms with Crippen molar-refractivity contribution in [1.29, 1.82) is 0 Å². The zero-order valence-corrected chi connectivity index (χ0v) is 20.7. The molecule has 0 amide bonds. The monoisotopic (exact) mass is 521 g/mol. The zero-order valence-electron chi connectivity index (χ0n) is 19.8. The number of ether oxygens (including phenoxy) is 1. The number of nitrogens with one attached hydrogen (secondary N) is 2. The second-order valence-electron chi connectivity index (χ2n) is 9.53. The van der Waals surface area contributed by atoms with E-state index in [0.29, 0.717) is 16.7 Å². The maximum atomic E-state index is 14.6. The minimum Gasteiger partial charge on any atom is -0.492 e. The number of methoxy groups -OCH3 is 1. The molecule has 1 aliphatic heterocycles. The van der Waals surface area contributed by atoms with Crippen molar-refractivity contribution < 1.29 is 26.9 Å². The van der Waals surface area contributed by atoms with E-state index >= 15 is 0 Å². The van der Waals surface area contributed by atoms with Crippen molar-refractivity contribution in [2.24, 2.45) is 5.41 Å². The number of rotatable bonds is 7. The fourth-order valence-electron chi connectivity index (χ4n) is 4.51. The molecule has 1 aliphatic carbocycles. The number of halogens is 4. The summed E-state index contributed by atoms with van der Waals surface area (Å²) in [5.74, 6) is -4.08. The van der Waals surface area contributed by atoms with Gasteiger partial charge in [-0.05, 0) is 25.5 Å². The van der Waals surface area contributed by atoms with Gasteiger partial charge in [0.15, 0.2) is 17.4 Å². The van der Waals surface area contributed by atoms with Gasteiger partial charge in [-0.2, -0.15) is 4.98 Å². The molecule has 1 aromatic heterocycles. The van der Waals surface area contributed by atoms with Gasteiger partial charge < -0.3 is 24.8 Å². The van der Waals surface area contributed by atoms with Crippen molar-refractivity contribution in [3.05, 3.63) is 54.2 Å². The van der Waals surface area contributed by atoms with Gasteiger partial charge in [0.25, 0.3) is 5.92 Å². The predicted octanol–water partition coefficient (Wildman–Crippen LogP) is 5.34. The molecule has 1 saturated carbocycles. The summed E-state index contributed by atoms with van der Waals surface area (Å²) >= 11 is 0. The van der Waals surface area contributed by atoms with Gasteiger partial charge >= 0.3 is 0 Å². The number of benzene rings is 2. The van der Waals surface area contributed by atoms with E-state index in [1.165, 1.54) is 13.2 Å². The summed E-state index contributed by atoms with van der Waals surface area (Å²) in [7, 11) is -1.29. The molecule has 2 N–H and O–H groups in total. The van der Waals surface area contributed by atoms with Crippen LogP contribution < -0.4 is 25.6 Å². The Morgan fingerprint density at radius 2 is 1.78 bits per heavy atom. The van der Waals surface area contributed by atoms with Crippen LogP contribution in [0.5, 0.6) is 5.75 Å². The van der Waals surface area contributed by atoms with Crippen LogP contribution in [0.15, 0.2) is 42.6 Å². The summed E-state index contributed by atoms with van der Waals surface area (Å²) in [6, 6.07) is 9.19. The van der Waals surface area contributed by atoms with Gasteiger partial charge in [-0.1, -0.05) is 12.1 Å². The molecule has 1 saturated heterocycles. The lowest BCUT2D eigenvalue weighted by Gasteiger charge is -2.42. The van der Waals surface area contributed by atoms with Gasteiger partial charge in [0.1, 0.15) is 13.0 Å². The number of anilines is 5. The largest absolute Gasteiger partial charge is 0.492 e. The van der Waals surface area contributed by atoms with Crippen LogP contribution in [0.2, 0.25) is 0 Å². The third-order valence-corrected chi connectivity index (χ3v) is 8.06. The molecule has 0 unspecified atom stereocenters. The molecule has 7 nitrogen and oxygen atoms in total. The fourth-order valence-corrected chi connectivity index (χ4v) is 5.67. The number of alkyl halides is 2. The Labute approximate surface area is 205 Å². The highest BCUT2D eigenvalue weighted by atomic mass is 31.2. The maximum Gasteiger partial charge on any atom is 0.258 e. The Balaban J connectivity index is 1.42. The topological polar surface area (TPSA) is 79.4 Å². The van der Waals surface area contributed by atoms with Crippen LogP contribution >= 0.6 is 7.14 Å². The average molecular weight is 521 g/mol. The average Bonchev–Trinajstić information content (AvgIpc) is 3.37. The highest BCUT2D eigenvalue weighted by Crippen LogP contribution is 2.66. The van der Waals surface area contributed by atoms with Crippen LogP contribution in [0, 0.1) is 17.0 Å². The van der Waals surface area contributed by atoms with E-state index in [0.717, 1.165) is 12.3 Å². The first-order valence-electron chi connectivity index (χ1n) is 11.1. The third kappa shape index (κ3) is 4.25. The number of para-hydroxylation sites is 1. The van der Waals surface area contributed by atoms with Crippen LogP contribution in [-0.2, 0) is 4.57 Å². The minimum absolute atomic E-state index is 0.0591. The van der Waals surface area contributed by atoms with Crippen molar-refractivity contribution in [2.45, 2.75) is 12.3 Å². The molecule has 5 rings (SSSR count). The summed E-state index contributed by atoms with van der Waals surface area (Å²) in [5.41, 5.74) is -0.135. The molecular formula is C24H24F4N5O2P. The molecule has 190 valence electrons. The van der Waals surface area contributed by atoms with E-state index in [-0.39, 0.29) is 42.7 Å². The normalized spacial score (nSPS) is 17.5. The molecule has 36 heavy (non-hydrogen) atoms. The number of hydrogen-bond donors (Lipinski definition) is 2. The molecule has 12 heteroatoms. The van der Waals surface area contributed by atoms with Crippen molar-refractivity contribution >= 4 is 41.3 Å². The van der Waals surface area contributed by atoms with Gasteiger partial charge in [0, 0.05) is 36.9 Å². The first kappa shape index (κ1) is 24.4. The standard InChI is InChI=1S/C24H24F4N5O2P/c1-35-20-17(8-14(25)9-18(20)33-12-23(13-33)11-24(23,27)28)31-22-29-10-15(26)21(32-22)30-16-6-4-5-7-19(16)36(2,3)34/h4-10H,11-13H2,1-3H3,(H2,29,30,31,32). The van der Waals surface area contributed by atoms with Crippen LogP contribution in [-0.4, -0.2) is 49.4 Å². The quantitative estimate of drug-likeness (QED) is 0.321. The van der Waals surface area contributed by atoms with Crippen LogP contribution in [0.4, 0.5) is 46.4 Å². The molecule has 2 fully saturated rings. The van der Waals surface area contributed by atoms with Crippen LogP contribution in [0.25, 0.3) is 0 Å². The fraction of sp³-hybridized carbons (Fsp3) is 0.333. The lowest BCUT2D eigenvalue weighted by atomic mass is 9.94. The smallest absolute Gasteiger partial charge is 0.258 e. The summed E-state index contributed by atoms with van der Waals surface area (Å²) in [6.45, 7) is 3.40. The first-order valence-corrected chi connectivity index (χ1v) is 13.7. The number of aromatic nitrogens is 2. The SMILES string of the molecule is COc1c(Nc2ncc(F)c(Nc3ccccc3P(C)(C)=O)n2)cc(F)cc1N1CC2(C1)CC2(F)F. The highest BCUT2D eigenvalue weighted by molar-refractivity contribution is 7.70. The third-order valence-electron chi connectivity index (χ3n) is 6.51. The van der Waals surface area contributed by atoms with Gasteiger partial charge in [0.2, 0.25) is 5.95 Å². The lowest BCUT2D eigenvalue weighted by Crippen LogP contribution is -2.51. The second-order valence-corrected chi connectivity index (χ2v) is 12.7. The molecule has 3 aromatic rings. The zero-order chi connectivity index (χ0) is 25.9. The molecule has 0 atom stereocenters. The molecule has 0 bridgehead atoms. The first-order chi connectivity index (χ1) is 16.9. The Bertz CT molecular complexity index is 1390. The van der Waals surface area contributed by atoms with E-state index in [1.807, 2.05) is 0 Å². The number of hydrogen-bond acceptors (Lipinski definition) is 7. The second kappa shape index (κ2) is 8.37. The van der Waals surface area contributed by atoms with E-state index in [4.69, 9.17) is 4.74 Å². The summed E-state index contributed by atoms with van der Waals surface area (Å²) in [6.07, 6.45) is 0.770. The highest BCUT2D eigenvalue weighted by Gasteiger charge is 2.76. The molecule has 1 spiro atoms. The van der Waals surface area contributed by atoms with E-state index < -0.39 is 30.1 Å². The van der Waals surface area contributed by atoms with Gasteiger partial charge in [-0.3, -0.25) is 0 Å². The van der Waals surface area contributed by atoms with E-state index in [1.54, 1.807) is 42.5 Å². The number of nitrogens with zero attached hydrogens (tertiary/aromatic N) is 3. The van der Waals surface area contributed by atoms with Crippen molar-refractivity contribution in [2.75, 3.05) is 49.1 Å². The molecular weight excluding hydrogens is 497 g/mol. The predicted molar refractivity (Wildman–Crippen MR) is 131 cm³/mol.